The number of hydrogen-bond donors (Lipinski definition) is 1. The molecule has 2 rings (SSSR count). The van der Waals surface area contributed by atoms with Gasteiger partial charge in [-0.05, 0) is 58.4 Å². The summed E-state index contributed by atoms with van der Waals surface area (Å²) >= 11 is 4.92. The maximum atomic E-state index is 12.6. The van der Waals surface area contributed by atoms with Crippen LogP contribution in [0, 0.1) is 6.92 Å². The molecule has 1 atom stereocenters. The van der Waals surface area contributed by atoms with Crippen molar-refractivity contribution in [2.24, 2.45) is 0 Å². The molecule has 0 spiro atoms. The topological polar surface area (TPSA) is 46.2 Å². The van der Waals surface area contributed by atoms with Gasteiger partial charge >= 0.3 is 0 Å². The quantitative estimate of drug-likeness (QED) is 0.784. The minimum absolute atomic E-state index is 0.173. The fourth-order valence-electron chi connectivity index (χ4n) is 2.11. The van der Waals surface area contributed by atoms with Gasteiger partial charge in [-0.1, -0.05) is 25.5 Å². The number of aryl methyl sites for hydroxylation is 1. The molecular formula is C15H18BrNO2S2. The molecule has 1 heterocycles. The third kappa shape index (κ3) is 4.16. The number of rotatable bonds is 6. The molecule has 21 heavy (non-hydrogen) atoms. The molecule has 0 amide bonds. The van der Waals surface area contributed by atoms with Crippen molar-refractivity contribution in [1.29, 1.82) is 0 Å². The van der Waals surface area contributed by atoms with Gasteiger partial charge in [0.2, 0.25) is 10.0 Å². The largest absolute Gasteiger partial charge is 0.242 e. The van der Waals surface area contributed by atoms with Crippen LogP contribution in [0.4, 0.5) is 0 Å². The van der Waals surface area contributed by atoms with Crippen LogP contribution < -0.4 is 4.72 Å². The zero-order valence-corrected chi connectivity index (χ0v) is 15.2. The molecule has 0 aliphatic heterocycles. The molecule has 1 aromatic heterocycles. The fraction of sp³-hybridized carbons (Fsp3) is 0.333. The number of nitrogens with one attached hydrogen (secondary N) is 1. The molecule has 3 nitrogen and oxygen atoms in total. The second-order valence-electron chi connectivity index (χ2n) is 4.91. The van der Waals surface area contributed by atoms with E-state index in [0.29, 0.717) is 4.47 Å². The van der Waals surface area contributed by atoms with E-state index in [4.69, 9.17) is 0 Å². The van der Waals surface area contributed by atoms with Gasteiger partial charge in [-0.2, -0.15) is 0 Å². The Morgan fingerprint density at radius 3 is 2.67 bits per heavy atom. The summed E-state index contributed by atoms with van der Waals surface area (Å²) in [4.78, 5) is 1.33. The molecular weight excluding hydrogens is 370 g/mol. The minimum atomic E-state index is -3.55. The van der Waals surface area contributed by atoms with Crippen molar-refractivity contribution in [1.82, 2.24) is 4.72 Å². The molecule has 1 unspecified atom stereocenters. The Kier molecular flexibility index (Phi) is 5.60. The Labute approximate surface area is 138 Å². The third-order valence-electron chi connectivity index (χ3n) is 3.14. The van der Waals surface area contributed by atoms with Crippen LogP contribution in [0.2, 0.25) is 0 Å². The summed E-state index contributed by atoms with van der Waals surface area (Å²) in [6.07, 6.45) is 1.70. The predicted molar refractivity (Wildman–Crippen MR) is 91.2 cm³/mol. The Morgan fingerprint density at radius 2 is 2.10 bits per heavy atom. The standard InChI is InChI=1S/C15H18BrNO2S2/c1-3-5-13(14-6-4-9-20-14)17-21(18,19)15-8-7-11(2)10-12(15)16/h4,6-10,13,17H,3,5H2,1-2H3. The Morgan fingerprint density at radius 1 is 1.33 bits per heavy atom. The van der Waals surface area contributed by atoms with E-state index in [-0.39, 0.29) is 10.9 Å². The first-order valence-electron chi connectivity index (χ1n) is 6.76. The highest BCUT2D eigenvalue weighted by Gasteiger charge is 2.23. The summed E-state index contributed by atoms with van der Waals surface area (Å²) in [7, 11) is -3.55. The maximum Gasteiger partial charge on any atom is 0.242 e. The summed E-state index contributed by atoms with van der Waals surface area (Å²) in [5, 5.41) is 1.97. The first-order chi connectivity index (χ1) is 9.94. The molecule has 2 aromatic rings. The van der Waals surface area contributed by atoms with E-state index in [1.165, 1.54) is 0 Å². The van der Waals surface area contributed by atoms with Crippen LogP contribution in [0.1, 0.15) is 36.2 Å². The van der Waals surface area contributed by atoms with E-state index in [1.807, 2.05) is 30.5 Å². The Hall–Kier alpha value is -0.690. The number of thiophene rings is 1. The summed E-state index contributed by atoms with van der Waals surface area (Å²) in [6, 6.07) is 9.00. The zero-order chi connectivity index (χ0) is 15.5. The summed E-state index contributed by atoms with van der Waals surface area (Å²) in [5.41, 5.74) is 1.02. The van der Waals surface area contributed by atoms with Gasteiger partial charge in [0.05, 0.1) is 10.9 Å². The number of hydrogen-bond acceptors (Lipinski definition) is 3. The first-order valence-corrected chi connectivity index (χ1v) is 9.91. The van der Waals surface area contributed by atoms with Crippen molar-refractivity contribution in [2.75, 3.05) is 0 Å². The normalized spacial score (nSPS) is 13.3. The van der Waals surface area contributed by atoms with Gasteiger partial charge in [-0.3, -0.25) is 0 Å². The van der Waals surface area contributed by atoms with Crippen LogP contribution in [0.5, 0.6) is 0 Å². The molecule has 0 radical (unpaired) electrons. The van der Waals surface area contributed by atoms with Gasteiger partial charge < -0.3 is 0 Å². The lowest BCUT2D eigenvalue weighted by molar-refractivity contribution is 0.540. The highest BCUT2D eigenvalue weighted by Crippen LogP contribution is 2.28. The van der Waals surface area contributed by atoms with Crippen LogP contribution in [0.25, 0.3) is 0 Å². The van der Waals surface area contributed by atoms with Crippen molar-refractivity contribution in [3.8, 4) is 0 Å². The molecule has 0 fully saturated rings. The number of benzene rings is 1. The van der Waals surface area contributed by atoms with Crippen molar-refractivity contribution in [3.05, 3.63) is 50.6 Å². The van der Waals surface area contributed by atoms with Gasteiger partial charge in [0.25, 0.3) is 0 Å². The zero-order valence-electron chi connectivity index (χ0n) is 12.0. The average Bonchev–Trinajstić information content (AvgIpc) is 2.91. The van der Waals surface area contributed by atoms with Gasteiger partial charge in [0.1, 0.15) is 0 Å². The van der Waals surface area contributed by atoms with E-state index >= 15 is 0 Å². The van der Waals surface area contributed by atoms with Gasteiger partial charge in [-0.25, -0.2) is 13.1 Å². The van der Waals surface area contributed by atoms with E-state index in [0.717, 1.165) is 23.3 Å². The van der Waals surface area contributed by atoms with Crippen LogP contribution in [0.3, 0.4) is 0 Å². The Bertz CT molecular complexity index is 696. The van der Waals surface area contributed by atoms with Gasteiger partial charge in [0.15, 0.2) is 0 Å². The van der Waals surface area contributed by atoms with E-state index < -0.39 is 10.0 Å². The van der Waals surface area contributed by atoms with Crippen LogP contribution in [-0.4, -0.2) is 8.42 Å². The van der Waals surface area contributed by atoms with Crippen molar-refractivity contribution in [2.45, 2.75) is 37.6 Å². The highest BCUT2D eigenvalue weighted by atomic mass is 79.9. The van der Waals surface area contributed by atoms with E-state index in [9.17, 15) is 8.42 Å². The maximum absolute atomic E-state index is 12.6. The van der Waals surface area contributed by atoms with Crippen LogP contribution in [-0.2, 0) is 10.0 Å². The van der Waals surface area contributed by atoms with Crippen molar-refractivity contribution in [3.63, 3.8) is 0 Å². The Balaban J connectivity index is 2.30. The van der Waals surface area contributed by atoms with Crippen molar-refractivity contribution >= 4 is 37.3 Å². The molecule has 0 bridgehead atoms. The first kappa shape index (κ1) is 16.7. The van der Waals surface area contributed by atoms with Crippen LogP contribution in [0.15, 0.2) is 45.1 Å². The second-order valence-corrected chi connectivity index (χ2v) is 8.43. The monoisotopic (exact) mass is 387 g/mol. The molecule has 0 saturated carbocycles. The molecule has 6 heteroatoms. The summed E-state index contributed by atoms with van der Waals surface area (Å²) in [6.45, 7) is 3.98. The highest BCUT2D eigenvalue weighted by molar-refractivity contribution is 9.10. The second kappa shape index (κ2) is 7.05. The molecule has 0 aliphatic carbocycles. The summed E-state index contributed by atoms with van der Waals surface area (Å²) in [5.74, 6) is 0. The average molecular weight is 388 g/mol. The smallest absolute Gasteiger partial charge is 0.207 e. The van der Waals surface area contributed by atoms with Gasteiger partial charge in [-0.15, -0.1) is 11.3 Å². The number of halogens is 1. The van der Waals surface area contributed by atoms with Gasteiger partial charge in [0, 0.05) is 9.35 Å². The fourth-order valence-corrected chi connectivity index (χ4v) is 5.44. The van der Waals surface area contributed by atoms with Crippen LogP contribution >= 0.6 is 27.3 Å². The molecule has 1 N–H and O–H groups in total. The summed E-state index contributed by atoms with van der Waals surface area (Å²) < 4.78 is 28.6. The van der Waals surface area contributed by atoms with E-state index in [2.05, 4.69) is 27.6 Å². The SMILES string of the molecule is CCCC(NS(=O)(=O)c1ccc(C)cc1Br)c1cccs1. The molecule has 0 saturated heterocycles. The molecule has 114 valence electrons. The third-order valence-corrected chi connectivity index (χ3v) is 6.57. The lowest BCUT2D eigenvalue weighted by Gasteiger charge is -2.17. The lowest BCUT2D eigenvalue weighted by Crippen LogP contribution is -2.28. The minimum Gasteiger partial charge on any atom is -0.207 e. The van der Waals surface area contributed by atoms with Crippen molar-refractivity contribution < 1.29 is 8.42 Å². The molecule has 1 aromatic carbocycles. The molecule has 0 aliphatic rings. The lowest BCUT2D eigenvalue weighted by atomic mass is 10.1. The predicted octanol–water partition coefficient (Wildman–Crippen LogP) is 4.64. The van der Waals surface area contributed by atoms with E-state index in [1.54, 1.807) is 23.5 Å². The number of sulfonamides is 1.